The first-order chi connectivity index (χ1) is 28.6. The van der Waals surface area contributed by atoms with Crippen LogP contribution in [0.25, 0.3) is 21.9 Å². The summed E-state index contributed by atoms with van der Waals surface area (Å²) in [4.78, 5) is 41.5. The van der Waals surface area contributed by atoms with E-state index in [4.69, 9.17) is 29.4 Å². The third-order valence-corrected chi connectivity index (χ3v) is 9.34. The Hall–Kier alpha value is -5.12. The van der Waals surface area contributed by atoms with Crippen LogP contribution in [0.15, 0.2) is 79.0 Å². The Morgan fingerprint density at radius 1 is 0.780 bits per heavy atom. The van der Waals surface area contributed by atoms with E-state index in [1.54, 1.807) is 18.3 Å². The van der Waals surface area contributed by atoms with Crippen LogP contribution in [0.5, 0.6) is 5.75 Å². The number of nitrogens with one attached hydrogen (secondary N) is 3. The van der Waals surface area contributed by atoms with E-state index in [2.05, 4.69) is 34.8 Å². The van der Waals surface area contributed by atoms with Crippen molar-refractivity contribution in [3.8, 4) is 16.9 Å². The Bertz CT molecular complexity index is 1870. The molecule has 0 spiro atoms. The number of carbonyl (C=O) groups excluding carboxylic acids is 2. The monoisotopic (exact) mass is 815 g/mol. The molecule has 0 saturated carbocycles. The summed E-state index contributed by atoms with van der Waals surface area (Å²) in [6.45, 7) is 11.2. The third-order valence-electron chi connectivity index (χ3n) is 9.34. The molecule has 0 fully saturated rings. The number of benzene rings is 3. The lowest BCUT2D eigenvalue weighted by Crippen LogP contribution is -2.45. The lowest BCUT2D eigenvalue weighted by Gasteiger charge is -2.19. The first kappa shape index (κ1) is 46.6. The van der Waals surface area contributed by atoms with Crippen LogP contribution in [0.1, 0.15) is 56.7 Å². The van der Waals surface area contributed by atoms with E-state index in [9.17, 15) is 19.5 Å². The molecule has 1 heterocycles. The summed E-state index contributed by atoms with van der Waals surface area (Å²) >= 11 is 0. The van der Waals surface area contributed by atoms with Gasteiger partial charge in [0, 0.05) is 24.7 Å². The number of hydrogen-bond acceptors (Lipinski definition) is 11. The summed E-state index contributed by atoms with van der Waals surface area (Å²) in [6, 6.07) is 21.5. The Balaban J connectivity index is 1.20. The highest BCUT2D eigenvalue weighted by atomic mass is 16.6. The van der Waals surface area contributed by atoms with Gasteiger partial charge in [0.15, 0.2) is 0 Å². The van der Waals surface area contributed by atoms with Gasteiger partial charge < -0.3 is 50.5 Å². The molecule has 3 aromatic carbocycles. The van der Waals surface area contributed by atoms with Crippen LogP contribution in [0.3, 0.4) is 0 Å². The second-order valence-electron chi connectivity index (χ2n) is 14.6. The average molecular weight is 816 g/mol. The molecule has 1 unspecified atom stereocenters. The van der Waals surface area contributed by atoms with Crippen LogP contribution in [0.4, 0.5) is 5.82 Å². The molecule has 0 radical (unpaired) electrons. The highest BCUT2D eigenvalue weighted by molar-refractivity contribution is 6.00. The number of nitrogens with zero attached hydrogens (tertiary/aromatic N) is 1. The molecule has 0 aliphatic rings. The number of carbonyl (C=O) groups is 3. The van der Waals surface area contributed by atoms with Crippen molar-refractivity contribution in [2.24, 2.45) is 11.7 Å². The van der Waals surface area contributed by atoms with Crippen LogP contribution in [0, 0.1) is 12.8 Å². The number of amides is 2. The number of aryl methyl sites for hydroxylation is 1. The van der Waals surface area contributed by atoms with Crippen LogP contribution in [-0.4, -0.2) is 106 Å². The second kappa shape index (κ2) is 26.1. The van der Waals surface area contributed by atoms with Crippen molar-refractivity contribution >= 4 is 34.4 Å². The van der Waals surface area contributed by atoms with E-state index in [-0.39, 0.29) is 13.0 Å². The van der Waals surface area contributed by atoms with Crippen molar-refractivity contribution in [1.82, 2.24) is 15.6 Å². The maximum atomic E-state index is 12.9. The van der Waals surface area contributed by atoms with Crippen LogP contribution in [0.2, 0.25) is 0 Å². The summed E-state index contributed by atoms with van der Waals surface area (Å²) in [6.07, 6.45) is 3.47. The molecule has 320 valence electrons. The predicted octanol–water partition coefficient (Wildman–Crippen LogP) is 5.67. The van der Waals surface area contributed by atoms with E-state index in [0.29, 0.717) is 83.7 Å². The zero-order valence-electron chi connectivity index (χ0n) is 34.6. The molecule has 14 heteroatoms. The van der Waals surface area contributed by atoms with Gasteiger partial charge in [0.1, 0.15) is 18.2 Å². The largest absolute Gasteiger partial charge is 0.491 e. The third kappa shape index (κ3) is 17.3. The maximum Gasteiger partial charge on any atom is 0.305 e. The quantitative estimate of drug-likeness (QED) is 0.0423. The number of rotatable bonds is 29. The molecule has 14 nitrogen and oxygen atoms in total. The molecule has 1 aromatic heterocycles. The molecule has 2 amide bonds. The molecule has 4 rings (SSSR count). The van der Waals surface area contributed by atoms with Gasteiger partial charge in [-0.2, -0.15) is 0 Å². The van der Waals surface area contributed by atoms with E-state index in [1.165, 1.54) is 0 Å². The SMILES string of the molecule is Cc1ccnc(NCCC[C@H](N)C(=O)NCC(=O)NC(CC(=O)O)c2ccc(-c3ccc(OCCOCCOCCOCCOCCC(C)C)c4ccccc34)cc2)c1. The van der Waals surface area contributed by atoms with Gasteiger partial charge in [0.25, 0.3) is 0 Å². The van der Waals surface area contributed by atoms with Gasteiger partial charge in [0.05, 0.1) is 71.3 Å². The fourth-order valence-corrected chi connectivity index (χ4v) is 6.11. The number of fused-ring (bicyclic) bond motifs is 1. The van der Waals surface area contributed by atoms with Crippen molar-refractivity contribution in [2.45, 2.75) is 58.5 Å². The smallest absolute Gasteiger partial charge is 0.305 e. The fraction of sp³-hybridized carbons (Fsp3) is 0.467. The van der Waals surface area contributed by atoms with Crippen LogP contribution in [-0.2, 0) is 33.3 Å². The number of aromatic nitrogens is 1. The molecule has 0 bridgehead atoms. The van der Waals surface area contributed by atoms with Crippen molar-refractivity contribution in [3.63, 3.8) is 0 Å². The van der Waals surface area contributed by atoms with Gasteiger partial charge in [-0.05, 0) is 77.9 Å². The van der Waals surface area contributed by atoms with E-state index in [0.717, 1.165) is 52.1 Å². The van der Waals surface area contributed by atoms with Crippen LogP contribution >= 0.6 is 0 Å². The number of hydrogen-bond donors (Lipinski definition) is 5. The maximum absolute atomic E-state index is 12.9. The first-order valence-electron chi connectivity index (χ1n) is 20.4. The number of ether oxygens (including phenoxy) is 5. The van der Waals surface area contributed by atoms with Crippen molar-refractivity contribution in [3.05, 3.63) is 90.1 Å². The number of carboxylic acids is 1. The Morgan fingerprint density at radius 2 is 1.42 bits per heavy atom. The molecular formula is C45H61N5O9. The molecule has 0 aliphatic heterocycles. The number of anilines is 1. The van der Waals surface area contributed by atoms with Crippen molar-refractivity contribution in [1.29, 1.82) is 0 Å². The molecule has 59 heavy (non-hydrogen) atoms. The second-order valence-corrected chi connectivity index (χ2v) is 14.6. The van der Waals surface area contributed by atoms with Gasteiger partial charge in [0.2, 0.25) is 11.8 Å². The molecule has 2 atom stereocenters. The Kier molecular flexibility index (Phi) is 20.6. The number of pyridine rings is 1. The summed E-state index contributed by atoms with van der Waals surface area (Å²) in [5.41, 5.74) is 9.64. The van der Waals surface area contributed by atoms with E-state index in [1.807, 2.05) is 67.6 Å². The van der Waals surface area contributed by atoms with E-state index >= 15 is 0 Å². The topological polar surface area (TPSA) is 193 Å². The highest BCUT2D eigenvalue weighted by Crippen LogP contribution is 2.35. The Labute approximate surface area is 347 Å². The Morgan fingerprint density at radius 3 is 2.07 bits per heavy atom. The van der Waals surface area contributed by atoms with Gasteiger partial charge in [-0.1, -0.05) is 68.4 Å². The average Bonchev–Trinajstić information content (AvgIpc) is 3.22. The van der Waals surface area contributed by atoms with Gasteiger partial charge in [-0.15, -0.1) is 0 Å². The molecule has 4 aromatic rings. The minimum Gasteiger partial charge on any atom is -0.491 e. The fourth-order valence-electron chi connectivity index (χ4n) is 6.11. The molecular weight excluding hydrogens is 755 g/mol. The molecule has 6 N–H and O–H groups in total. The summed E-state index contributed by atoms with van der Waals surface area (Å²) in [7, 11) is 0. The van der Waals surface area contributed by atoms with Gasteiger partial charge in [-0.3, -0.25) is 14.4 Å². The zero-order chi connectivity index (χ0) is 42.2. The van der Waals surface area contributed by atoms with E-state index < -0.39 is 29.9 Å². The highest BCUT2D eigenvalue weighted by Gasteiger charge is 2.20. The van der Waals surface area contributed by atoms with Gasteiger partial charge >= 0.3 is 5.97 Å². The standard InChI is InChI=1S/C45H61N5O9/c1-32(2)17-20-55-21-22-56-23-24-57-25-26-58-27-28-59-41-15-14-36(37-7-4-5-8-38(37)41)34-10-12-35(13-11-34)40(30-44(52)53)50-43(51)31-49-45(54)39(46)9-6-18-47-42-29-33(3)16-19-48-42/h4-5,7-8,10-16,19,29,32,39-40H,6,9,17-18,20-28,30-31,46H2,1-3H3,(H,47,48)(H,49,54)(H,50,51)(H,52,53)/t39-,40?/m0/s1. The van der Waals surface area contributed by atoms with Crippen molar-refractivity contribution < 1.29 is 43.2 Å². The minimum absolute atomic E-state index is 0.335. The minimum atomic E-state index is -1.07. The predicted molar refractivity (Wildman–Crippen MR) is 228 cm³/mol. The van der Waals surface area contributed by atoms with Gasteiger partial charge in [-0.25, -0.2) is 4.98 Å². The van der Waals surface area contributed by atoms with Crippen LogP contribution < -0.4 is 26.4 Å². The summed E-state index contributed by atoms with van der Waals surface area (Å²) in [5.74, 6) is 0.0635. The number of nitrogens with two attached hydrogens (primary N) is 1. The zero-order valence-corrected chi connectivity index (χ0v) is 34.6. The lowest BCUT2D eigenvalue weighted by atomic mass is 9.95. The lowest BCUT2D eigenvalue weighted by molar-refractivity contribution is -0.138. The molecule has 0 aliphatic carbocycles. The number of carboxylic acid groups (broad SMARTS) is 1. The molecule has 0 saturated heterocycles. The summed E-state index contributed by atoms with van der Waals surface area (Å²) < 4.78 is 28.4. The normalized spacial score (nSPS) is 12.3. The van der Waals surface area contributed by atoms with Crippen molar-refractivity contribution in [2.75, 3.05) is 77.9 Å². The summed E-state index contributed by atoms with van der Waals surface area (Å²) in [5, 5.41) is 20.1. The first-order valence-corrected chi connectivity index (χ1v) is 20.4. The number of aliphatic carboxylic acids is 1.